The minimum Gasteiger partial charge on any atom is -0.369 e. The third kappa shape index (κ3) is 7.01. The van der Waals surface area contributed by atoms with Crippen LogP contribution in [0.3, 0.4) is 0 Å². The van der Waals surface area contributed by atoms with Crippen LogP contribution in [0.2, 0.25) is 0 Å². The first-order chi connectivity index (χ1) is 25.6. The first kappa shape index (κ1) is 34.9. The molecule has 8 rings (SSSR count). The van der Waals surface area contributed by atoms with Crippen molar-refractivity contribution < 1.29 is 18.4 Å². The Labute approximate surface area is 307 Å². The van der Waals surface area contributed by atoms with E-state index in [1.165, 1.54) is 31.0 Å². The smallest absolute Gasteiger partial charge is 0.236 e. The summed E-state index contributed by atoms with van der Waals surface area (Å²) in [4.78, 5) is 38.2. The van der Waals surface area contributed by atoms with Crippen molar-refractivity contribution in [2.24, 2.45) is 5.92 Å². The summed E-state index contributed by atoms with van der Waals surface area (Å²) < 4.78 is 32.4. The molecule has 2 aromatic carbocycles. The van der Waals surface area contributed by atoms with Crippen LogP contribution in [0.5, 0.6) is 0 Å². The molecule has 276 valence electrons. The molecule has 11 nitrogen and oxygen atoms in total. The zero-order valence-electron chi connectivity index (χ0n) is 30.2. The molecule has 3 aliphatic rings. The molecule has 0 radical (unpaired) electrons. The summed E-state index contributed by atoms with van der Waals surface area (Å²) in [5, 5.41) is 10.5. The largest absolute Gasteiger partial charge is 0.369 e. The Morgan fingerprint density at radius 2 is 1.74 bits per heavy atom. The molecule has 0 unspecified atom stereocenters. The topological polar surface area (TPSA) is 113 Å². The maximum atomic E-state index is 14.7. The third-order valence-corrected chi connectivity index (χ3v) is 11.7. The van der Waals surface area contributed by atoms with Crippen LogP contribution in [0.1, 0.15) is 69.0 Å². The van der Waals surface area contributed by atoms with Crippen molar-refractivity contribution in [2.45, 2.75) is 70.3 Å². The molecule has 1 aliphatic carbocycles. The van der Waals surface area contributed by atoms with Crippen LogP contribution in [-0.4, -0.2) is 73.6 Å². The number of fused-ring (bicyclic) bond motifs is 1. The summed E-state index contributed by atoms with van der Waals surface area (Å²) in [5.41, 5.74) is 3.92. The second kappa shape index (κ2) is 14.3. The average Bonchev–Trinajstić information content (AvgIpc) is 3.86. The molecule has 1 atom stereocenters. The number of amides is 2. The van der Waals surface area contributed by atoms with E-state index in [2.05, 4.69) is 52.3 Å². The fourth-order valence-corrected chi connectivity index (χ4v) is 8.21. The lowest BCUT2D eigenvalue weighted by atomic mass is 9.75. The van der Waals surface area contributed by atoms with E-state index in [0.717, 1.165) is 62.9 Å². The summed E-state index contributed by atoms with van der Waals surface area (Å²) in [5.74, 6) is -0.390. The van der Waals surface area contributed by atoms with Crippen molar-refractivity contribution in [3.8, 4) is 11.3 Å². The Morgan fingerprint density at radius 3 is 2.49 bits per heavy atom. The molecule has 13 heteroatoms. The monoisotopic (exact) mass is 721 g/mol. The van der Waals surface area contributed by atoms with Crippen LogP contribution >= 0.6 is 0 Å². The predicted octanol–water partition coefficient (Wildman–Crippen LogP) is 6.56. The van der Waals surface area contributed by atoms with Gasteiger partial charge < -0.3 is 10.2 Å². The normalized spacial score (nSPS) is 22.7. The molecule has 5 heterocycles. The fraction of sp³-hybridized carbons (Fsp3) is 0.425. The summed E-state index contributed by atoms with van der Waals surface area (Å²) in [7, 11) is 0. The number of halogens is 2. The predicted molar refractivity (Wildman–Crippen MR) is 199 cm³/mol. The number of imidazole rings is 1. The van der Waals surface area contributed by atoms with Crippen molar-refractivity contribution in [2.75, 3.05) is 42.9 Å². The van der Waals surface area contributed by atoms with E-state index < -0.39 is 17.0 Å². The Kier molecular flexibility index (Phi) is 9.44. The summed E-state index contributed by atoms with van der Waals surface area (Å²) >= 11 is 0. The van der Waals surface area contributed by atoms with Crippen LogP contribution in [0, 0.1) is 24.5 Å². The first-order valence-electron chi connectivity index (χ1n) is 18.7. The van der Waals surface area contributed by atoms with E-state index in [-0.39, 0.29) is 17.4 Å². The van der Waals surface area contributed by atoms with Crippen LogP contribution in [0.4, 0.5) is 26.0 Å². The van der Waals surface area contributed by atoms with E-state index in [4.69, 9.17) is 0 Å². The SMILES string of the molecule is Cc1cc(-c2cnc(Nc3cnn(C4CCC(CCN5CCN(c6ccc([C@]7(C)CCC(=O)NC7=O)cc6)CC5)CC4)c3)c3nccn23)c(F)cc1F. The standard InChI is InChI=1S/C40H45F2N9O2/c1-26-21-32(34(42)22-33(26)41)35-24-44-37(38-43-14-16-50(35)38)46-29-23-45-51(25-29)31-7-3-27(4-8-31)12-15-48-17-19-49(20-18-48)30-9-5-28(6-10-30)40(2)13-11-36(52)47-39(40)53/h5-6,9-10,14,16,21-25,27,31H,3-4,7-8,11-13,15,17-20H2,1-2H3,(H,44,46)(H,47,52,53)/t27?,31?,40-/m0/s1. The number of aromatic nitrogens is 5. The number of carbonyl (C=O) groups is 2. The van der Waals surface area contributed by atoms with E-state index in [9.17, 15) is 18.4 Å². The van der Waals surface area contributed by atoms with Gasteiger partial charge in [0.05, 0.1) is 35.2 Å². The molecular weight excluding hydrogens is 676 g/mol. The van der Waals surface area contributed by atoms with Crippen LogP contribution in [-0.2, 0) is 15.0 Å². The zero-order valence-corrected chi connectivity index (χ0v) is 30.2. The number of carbonyl (C=O) groups excluding carboxylic acids is 2. The highest BCUT2D eigenvalue weighted by molar-refractivity contribution is 6.03. The lowest BCUT2D eigenvalue weighted by Crippen LogP contribution is -2.49. The molecule has 53 heavy (non-hydrogen) atoms. The minimum absolute atomic E-state index is 0.190. The number of aryl methyl sites for hydroxylation is 1. The van der Waals surface area contributed by atoms with Gasteiger partial charge in [-0.1, -0.05) is 12.1 Å². The van der Waals surface area contributed by atoms with Crippen molar-refractivity contribution >= 4 is 34.7 Å². The number of hydrogen-bond donors (Lipinski definition) is 2. The fourth-order valence-electron chi connectivity index (χ4n) is 8.21. The van der Waals surface area contributed by atoms with Crippen LogP contribution < -0.4 is 15.5 Å². The highest BCUT2D eigenvalue weighted by atomic mass is 19.1. The van der Waals surface area contributed by atoms with Gasteiger partial charge in [-0.05, 0) is 94.2 Å². The Balaban J connectivity index is 0.800. The Bertz CT molecular complexity index is 2130. The minimum atomic E-state index is -0.666. The quantitative estimate of drug-likeness (QED) is 0.165. The van der Waals surface area contributed by atoms with Crippen LogP contribution in [0.15, 0.2) is 67.4 Å². The van der Waals surface area contributed by atoms with Gasteiger partial charge in [0.1, 0.15) is 11.6 Å². The second-order valence-electron chi connectivity index (χ2n) is 15.1. The lowest BCUT2D eigenvalue weighted by Gasteiger charge is -2.37. The first-order valence-corrected chi connectivity index (χ1v) is 18.7. The molecule has 0 bridgehead atoms. The second-order valence-corrected chi connectivity index (χ2v) is 15.1. The molecule has 2 saturated heterocycles. The highest BCUT2D eigenvalue weighted by Gasteiger charge is 2.40. The highest BCUT2D eigenvalue weighted by Crippen LogP contribution is 2.36. The van der Waals surface area contributed by atoms with Gasteiger partial charge in [-0.3, -0.25) is 28.9 Å². The number of rotatable bonds is 9. The third-order valence-electron chi connectivity index (χ3n) is 11.7. The van der Waals surface area contributed by atoms with Gasteiger partial charge in [0.15, 0.2) is 11.5 Å². The van der Waals surface area contributed by atoms with Gasteiger partial charge in [-0.2, -0.15) is 5.10 Å². The zero-order chi connectivity index (χ0) is 36.7. The Hall–Kier alpha value is -5.17. The molecule has 2 aliphatic heterocycles. The molecule has 2 amide bonds. The number of benzene rings is 2. The van der Waals surface area contributed by atoms with E-state index in [0.29, 0.717) is 47.5 Å². The van der Waals surface area contributed by atoms with Gasteiger partial charge in [0, 0.05) is 68.5 Å². The van der Waals surface area contributed by atoms with E-state index in [1.807, 2.05) is 25.3 Å². The van der Waals surface area contributed by atoms with Crippen LogP contribution in [0.25, 0.3) is 16.9 Å². The van der Waals surface area contributed by atoms with Crippen molar-refractivity contribution in [3.63, 3.8) is 0 Å². The van der Waals surface area contributed by atoms with E-state index >= 15 is 0 Å². The molecule has 3 fully saturated rings. The van der Waals surface area contributed by atoms with Crippen molar-refractivity contribution in [3.05, 3.63) is 90.1 Å². The number of nitrogens with one attached hydrogen (secondary N) is 2. The van der Waals surface area contributed by atoms with Gasteiger partial charge in [0.25, 0.3) is 0 Å². The number of piperidine rings is 1. The number of anilines is 3. The molecule has 2 N–H and O–H groups in total. The average molecular weight is 722 g/mol. The van der Waals surface area contributed by atoms with Gasteiger partial charge in [-0.25, -0.2) is 18.7 Å². The van der Waals surface area contributed by atoms with Crippen molar-refractivity contribution in [1.82, 2.24) is 34.4 Å². The maximum absolute atomic E-state index is 14.7. The number of nitrogens with zero attached hydrogens (tertiary/aromatic N) is 7. The van der Waals surface area contributed by atoms with Gasteiger partial charge in [-0.15, -0.1) is 0 Å². The Morgan fingerprint density at radius 1 is 0.962 bits per heavy atom. The maximum Gasteiger partial charge on any atom is 0.236 e. The lowest BCUT2D eigenvalue weighted by molar-refractivity contribution is -0.137. The molecule has 0 spiro atoms. The number of imide groups is 1. The van der Waals surface area contributed by atoms with E-state index in [1.54, 1.807) is 36.1 Å². The number of piperazine rings is 1. The summed E-state index contributed by atoms with van der Waals surface area (Å²) in [6, 6.07) is 11.1. The van der Waals surface area contributed by atoms with Crippen molar-refractivity contribution in [1.29, 1.82) is 0 Å². The van der Waals surface area contributed by atoms with Gasteiger partial charge >= 0.3 is 0 Å². The molecule has 3 aromatic heterocycles. The number of hydrogen-bond acceptors (Lipinski definition) is 8. The molecule has 5 aromatic rings. The molecular formula is C40H45F2N9O2. The van der Waals surface area contributed by atoms with Gasteiger partial charge in [0.2, 0.25) is 11.8 Å². The summed E-state index contributed by atoms with van der Waals surface area (Å²) in [6.45, 7) is 8.67. The summed E-state index contributed by atoms with van der Waals surface area (Å²) in [6.07, 6.45) is 15.4. The molecule has 1 saturated carbocycles.